The molecular weight excluding hydrogens is 173 g/mol. The van der Waals surface area contributed by atoms with Gasteiger partial charge in [0, 0.05) is 5.56 Å². The maximum Gasteiger partial charge on any atom is 0.325 e. The zero-order chi connectivity index (χ0) is 9.84. The van der Waals surface area contributed by atoms with Crippen molar-refractivity contribution in [3.8, 4) is 6.07 Å². The van der Waals surface area contributed by atoms with Crippen molar-refractivity contribution in [3.05, 3.63) is 35.6 Å². The third-order valence-corrected chi connectivity index (χ3v) is 1.59. The average molecular weight is 179 g/mol. The molecule has 0 heterocycles. The Morgan fingerprint density at radius 3 is 2.62 bits per heavy atom. The lowest BCUT2D eigenvalue weighted by Crippen LogP contribution is -2.10. The first-order valence-electron chi connectivity index (χ1n) is 3.53. The van der Waals surface area contributed by atoms with Crippen LogP contribution in [0.15, 0.2) is 24.3 Å². The van der Waals surface area contributed by atoms with E-state index < -0.39 is 17.7 Å². The van der Waals surface area contributed by atoms with Crippen molar-refractivity contribution in [1.82, 2.24) is 0 Å². The van der Waals surface area contributed by atoms with E-state index in [2.05, 4.69) is 0 Å². The molecule has 13 heavy (non-hydrogen) atoms. The van der Waals surface area contributed by atoms with Crippen molar-refractivity contribution in [2.24, 2.45) is 0 Å². The van der Waals surface area contributed by atoms with Gasteiger partial charge in [-0.2, -0.15) is 5.26 Å². The Morgan fingerprint density at radius 1 is 1.54 bits per heavy atom. The highest BCUT2D eigenvalue weighted by Gasteiger charge is 2.21. The Hall–Kier alpha value is -1.89. The first-order chi connectivity index (χ1) is 6.16. The normalized spacial score (nSPS) is 11.7. The number of hydrogen-bond donors (Lipinski definition) is 1. The molecule has 0 radical (unpaired) electrons. The van der Waals surface area contributed by atoms with Crippen LogP contribution in [0.1, 0.15) is 11.5 Å². The zero-order valence-corrected chi connectivity index (χ0v) is 6.57. The van der Waals surface area contributed by atoms with Crippen LogP contribution < -0.4 is 0 Å². The average Bonchev–Trinajstić information content (AvgIpc) is 2.09. The van der Waals surface area contributed by atoms with Crippen LogP contribution in [-0.4, -0.2) is 11.1 Å². The summed E-state index contributed by atoms with van der Waals surface area (Å²) in [5.74, 6) is -3.44. The number of nitriles is 1. The summed E-state index contributed by atoms with van der Waals surface area (Å²) in [6, 6.07) is 6.87. The number of carbonyl (C=O) groups is 1. The fourth-order valence-corrected chi connectivity index (χ4v) is 0.967. The minimum absolute atomic E-state index is 0.0995. The topological polar surface area (TPSA) is 61.1 Å². The standard InChI is InChI=1S/C9H6FNO2/c10-8-4-2-1-3-6(8)7(5-11)9(12)13/h1-4,7H,(H,12,13)/t7-/m1/s1. The summed E-state index contributed by atoms with van der Waals surface area (Å²) in [6.45, 7) is 0. The van der Waals surface area contributed by atoms with Gasteiger partial charge >= 0.3 is 5.97 Å². The smallest absolute Gasteiger partial charge is 0.325 e. The molecule has 0 saturated heterocycles. The summed E-state index contributed by atoms with van der Waals surface area (Å²) < 4.78 is 13.0. The first kappa shape index (κ1) is 9.20. The van der Waals surface area contributed by atoms with Crippen LogP contribution in [0.4, 0.5) is 4.39 Å². The molecule has 0 aliphatic carbocycles. The van der Waals surface area contributed by atoms with Crippen molar-refractivity contribution in [2.75, 3.05) is 0 Å². The van der Waals surface area contributed by atoms with Gasteiger partial charge in [0.1, 0.15) is 5.82 Å². The van der Waals surface area contributed by atoms with Gasteiger partial charge < -0.3 is 5.11 Å². The highest BCUT2D eigenvalue weighted by atomic mass is 19.1. The lowest BCUT2D eigenvalue weighted by Gasteiger charge is -2.03. The number of carboxylic acid groups (broad SMARTS) is 1. The van der Waals surface area contributed by atoms with Gasteiger partial charge in [-0.25, -0.2) is 4.39 Å². The molecule has 1 aromatic carbocycles. The molecular formula is C9H6FNO2. The number of carboxylic acids is 1. The molecule has 0 amide bonds. The predicted molar refractivity (Wildman–Crippen MR) is 42.4 cm³/mol. The second-order valence-corrected chi connectivity index (χ2v) is 2.42. The molecule has 0 aliphatic rings. The summed E-state index contributed by atoms with van der Waals surface area (Å²) in [7, 11) is 0. The van der Waals surface area contributed by atoms with Gasteiger partial charge in [0.05, 0.1) is 6.07 Å². The van der Waals surface area contributed by atoms with E-state index >= 15 is 0 Å². The van der Waals surface area contributed by atoms with E-state index in [9.17, 15) is 9.18 Å². The quantitative estimate of drug-likeness (QED) is 0.748. The third kappa shape index (κ3) is 1.82. The minimum Gasteiger partial charge on any atom is -0.480 e. The Labute approximate surface area is 74.0 Å². The van der Waals surface area contributed by atoms with E-state index in [4.69, 9.17) is 10.4 Å². The van der Waals surface area contributed by atoms with Crippen LogP contribution in [0.2, 0.25) is 0 Å². The molecule has 0 fully saturated rings. The monoisotopic (exact) mass is 179 g/mol. The molecule has 1 atom stereocenters. The SMILES string of the molecule is N#C[C@@H](C(=O)O)c1ccccc1F. The Morgan fingerprint density at radius 2 is 2.15 bits per heavy atom. The van der Waals surface area contributed by atoms with Crippen LogP contribution in [0.25, 0.3) is 0 Å². The molecule has 0 bridgehead atoms. The van der Waals surface area contributed by atoms with Gasteiger partial charge in [0.25, 0.3) is 0 Å². The van der Waals surface area contributed by atoms with Crippen molar-refractivity contribution >= 4 is 5.97 Å². The summed E-state index contributed by atoms with van der Waals surface area (Å²) in [4.78, 5) is 10.5. The van der Waals surface area contributed by atoms with Crippen LogP contribution in [0.5, 0.6) is 0 Å². The van der Waals surface area contributed by atoms with E-state index in [1.54, 1.807) is 0 Å². The molecule has 66 valence electrons. The van der Waals surface area contributed by atoms with Crippen molar-refractivity contribution < 1.29 is 14.3 Å². The van der Waals surface area contributed by atoms with Crippen LogP contribution in [-0.2, 0) is 4.79 Å². The van der Waals surface area contributed by atoms with Crippen LogP contribution in [0, 0.1) is 17.1 Å². The van der Waals surface area contributed by atoms with Crippen molar-refractivity contribution in [2.45, 2.75) is 5.92 Å². The van der Waals surface area contributed by atoms with Crippen LogP contribution >= 0.6 is 0 Å². The second kappa shape index (κ2) is 3.68. The van der Waals surface area contributed by atoms with Gasteiger partial charge in [-0.3, -0.25) is 4.79 Å². The van der Waals surface area contributed by atoms with Gasteiger partial charge in [0.2, 0.25) is 0 Å². The fourth-order valence-electron chi connectivity index (χ4n) is 0.967. The Kier molecular flexibility index (Phi) is 2.60. The number of rotatable bonds is 2. The van der Waals surface area contributed by atoms with Gasteiger partial charge in [-0.05, 0) is 6.07 Å². The minimum atomic E-state index is -1.43. The molecule has 4 heteroatoms. The van der Waals surface area contributed by atoms with Crippen molar-refractivity contribution in [1.29, 1.82) is 5.26 Å². The highest BCUT2D eigenvalue weighted by molar-refractivity contribution is 5.79. The fraction of sp³-hybridized carbons (Fsp3) is 0.111. The lowest BCUT2D eigenvalue weighted by atomic mass is 10.0. The molecule has 0 unspecified atom stereocenters. The van der Waals surface area contributed by atoms with E-state index in [1.165, 1.54) is 24.3 Å². The van der Waals surface area contributed by atoms with Gasteiger partial charge in [-0.1, -0.05) is 18.2 Å². The Bertz CT molecular complexity index is 370. The maximum atomic E-state index is 13.0. The number of halogens is 1. The Balaban J connectivity index is 3.14. The lowest BCUT2D eigenvalue weighted by molar-refractivity contribution is -0.137. The summed E-state index contributed by atoms with van der Waals surface area (Å²) in [5.41, 5.74) is -0.0995. The first-order valence-corrected chi connectivity index (χ1v) is 3.53. The zero-order valence-electron chi connectivity index (χ0n) is 6.57. The number of aliphatic carboxylic acids is 1. The van der Waals surface area contributed by atoms with Gasteiger partial charge in [0.15, 0.2) is 5.92 Å². The molecule has 1 N–H and O–H groups in total. The maximum absolute atomic E-state index is 13.0. The van der Waals surface area contributed by atoms with Gasteiger partial charge in [-0.15, -0.1) is 0 Å². The summed E-state index contributed by atoms with van der Waals surface area (Å²) in [5, 5.41) is 17.0. The molecule has 0 aromatic heterocycles. The molecule has 0 saturated carbocycles. The third-order valence-electron chi connectivity index (χ3n) is 1.59. The summed E-state index contributed by atoms with van der Waals surface area (Å²) in [6.07, 6.45) is 0. The molecule has 1 rings (SSSR count). The number of hydrogen-bond acceptors (Lipinski definition) is 2. The highest BCUT2D eigenvalue weighted by Crippen LogP contribution is 2.18. The predicted octanol–water partition coefficient (Wildman–Crippen LogP) is 1.52. The van der Waals surface area contributed by atoms with Crippen LogP contribution in [0.3, 0.4) is 0 Å². The molecule has 1 aromatic rings. The van der Waals surface area contributed by atoms with E-state index in [0.717, 1.165) is 6.07 Å². The molecule has 0 spiro atoms. The second-order valence-electron chi connectivity index (χ2n) is 2.42. The van der Waals surface area contributed by atoms with Crippen molar-refractivity contribution in [3.63, 3.8) is 0 Å². The largest absolute Gasteiger partial charge is 0.480 e. The number of nitrogens with zero attached hydrogens (tertiary/aromatic N) is 1. The van der Waals surface area contributed by atoms with E-state index in [1.807, 2.05) is 0 Å². The molecule has 3 nitrogen and oxygen atoms in total. The molecule has 0 aliphatic heterocycles. The van der Waals surface area contributed by atoms with E-state index in [0.29, 0.717) is 0 Å². The summed E-state index contributed by atoms with van der Waals surface area (Å²) >= 11 is 0. The van der Waals surface area contributed by atoms with E-state index in [-0.39, 0.29) is 5.56 Å². The number of benzene rings is 1.